The molecule has 0 aromatic heterocycles. The van der Waals surface area contributed by atoms with Gasteiger partial charge < -0.3 is 10.1 Å². The second-order valence-corrected chi connectivity index (χ2v) is 7.24. The van der Waals surface area contributed by atoms with Crippen LogP contribution < -0.4 is 10.1 Å². The van der Waals surface area contributed by atoms with Crippen LogP contribution in [0, 0.1) is 20.8 Å². The maximum Gasteiger partial charge on any atom is 0.258 e. The van der Waals surface area contributed by atoms with Gasteiger partial charge in [0, 0.05) is 5.02 Å². The highest BCUT2D eigenvalue weighted by Crippen LogP contribution is 2.28. The number of carbonyl (C=O) groups is 1. The Kier molecular flexibility index (Phi) is 6.30. The average Bonchev–Trinajstić information content (AvgIpc) is 2.50. The number of hydrogen-bond donors (Lipinski definition) is 1. The molecular weight excluding hydrogens is 390 g/mol. The van der Waals surface area contributed by atoms with E-state index in [2.05, 4.69) is 54.2 Å². The Balaban J connectivity index is 1.98. The molecule has 0 spiro atoms. The number of halogens is 2. The smallest absolute Gasteiger partial charge is 0.258 e. The lowest BCUT2D eigenvalue weighted by molar-refractivity contribution is -0.123. The van der Waals surface area contributed by atoms with Gasteiger partial charge in [0.05, 0.1) is 10.5 Å². The number of amides is 1. The van der Waals surface area contributed by atoms with Crippen LogP contribution >= 0.6 is 27.5 Å². The Hall–Kier alpha value is -1.52. The third-order valence-corrected chi connectivity index (χ3v) is 4.83. The molecule has 0 aliphatic carbocycles. The average molecular weight is 411 g/mol. The topological polar surface area (TPSA) is 38.3 Å². The van der Waals surface area contributed by atoms with Crippen LogP contribution in [0.15, 0.2) is 34.8 Å². The molecule has 1 atom stereocenters. The number of nitrogens with one attached hydrogen (secondary N) is 1. The number of rotatable bonds is 5. The molecule has 5 heteroatoms. The zero-order valence-corrected chi connectivity index (χ0v) is 16.6. The van der Waals surface area contributed by atoms with Gasteiger partial charge in [-0.15, -0.1) is 0 Å². The molecule has 1 N–H and O–H groups in total. The van der Waals surface area contributed by atoms with Gasteiger partial charge in [0.15, 0.2) is 6.61 Å². The maximum absolute atomic E-state index is 12.2. The molecule has 24 heavy (non-hydrogen) atoms. The van der Waals surface area contributed by atoms with E-state index < -0.39 is 0 Å². The van der Waals surface area contributed by atoms with Gasteiger partial charge in [0.25, 0.3) is 5.91 Å². The summed E-state index contributed by atoms with van der Waals surface area (Å²) in [6, 6.07) is 9.39. The predicted octanol–water partition coefficient (Wildman–Crippen LogP) is 5.28. The van der Waals surface area contributed by atoms with Gasteiger partial charge in [-0.3, -0.25) is 4.79 Å². The van der Waals surface area contributed by atoms with Crippen molar-refractivity contribution in [3.8, 4) is 5.75 Å². The summed E-state index contributed by atoms with van der Waals surface area (Å²) in [6.45, 7) is 8.16. The molecule has 1 unspecified atom stereocenters. The molecule has 0 saturated heterocycles. The molecule has 0 saturated carbocycles. The molecule has 1 amide bonds. The third kappa shape index (κ3) is 4.74. The fourth-order valence-electron chi connectivity index (χ4n) is 2.55. The van der Waals surface area contributed by atoms with Gasteiger partial charge in [-0.05, 0) is 84.1 Å². The molecule has 0 aliphatic heterocycles. The third-order valence-electron chi connectivity index (χ3n) is 3.98. The van der Waals surface area contributed by atoms with E-state index in [9.17, 15) is 4.79 Å². The Morgan fingerprint density at radius 2 is 1.83 bits per heavy atom. The largest absolute Gasteiger partial charge is 0.483 e. The first-order valence-corrected chi connectivity index (χ1v) is 8.90. The second kappa shape index (κ2) is 8.04. The highest BCUT2D eigenvalue weighted by molar-refractivity contribution is 9.10. The van der Waals surface area contributed by atoms with Crippen LogP contribution in [0.5, 0.6) is 5.75 Å². The van der Waals surface area contributed by atoms with Crippen LogP contribution in [0.3, 0.4) is 0 Å². The van der Waals surface area contributed by atoms with Gasteiger partial charge in [0.1, 0.15) is 5.75 Å². The standard InChI is InChI=1S/C19H21BrClNO2/c1-11-7-13(3)16(8-12(11)2)14(4)22-19(23)10-24-18-6-5-15(21)9-17(18)20/h5-9,14H,10H2,1-4H3,(H,22,23). The minimum absolute atomic E-state index is 0.0472. The molecule has 128 valence electrons. The summed E-state index contributed by atoms with van der Waals surface area (Å²) >= 11 is 9.26. The highest BCUT2D eigenvalue weighted by atomic mass is 79.9. The van der Waals surface area contributed by atoms with E-state index in [4.69, 9.17) is 16.3 Å². The number of ether oxygens (including phenoxy) is 1. The monoisotopic (exact) mass is 409 g/mol. The lowest BCUT2D eigenvalue weighted by Gasteiger charge is -2.18. The first kappa shape index (κ1) is 18.8. The predicted molar refractivity (Wildman–Crippen MR) is 102 cm³/mol. The molecule has 0 bridgehead atoms. The van der Waals surface area contributed by atoms with Gasteiger partial charge in [-0.25, -0.2) is 0 Å². The van der Waals surface area contributed by atoms with E-state index in [0.717, 1.165) is 10.0 Å². The van der Waals surface area contributed by atoms with E-state index in [1.165, 1.54) is 16.7 Å². The molecule has 2 aromatic carbocycles. The quantitative estimate of drug-likeness (QED) is 0.728. The zero-order chi connectivity index (χ0) is 17.9. The van der Waals surface area contributed by atoms with Crippen LogP contribution in [-0.4, -0.2) is 12.5 Å². The SMILES string of the molecule is Cc1cc(C)c(C(C)NC(=O)COc2ccc(Cl)cc2Br)cc1C. The molecule has 3 nitrogen and oxygen atoms in total. The van der Waals surface area contributed by atoms with Crippen LogP contribution in [0.25, 0.3) is 0 Å². The molecule has 0 aliphatic rings. The summed E-state index contributed by atoms with van der Waals surface area (Å²) in [4.78, 5) is 12.2. The van der Waals surface area contributed by atoms with Gasteiger partial charge in [-0.2, -0.15) is 0 Å². The second-order valence-electron chi connectivity index (χ2n) is 5.95. The lowest BCUT2D eigenvalue weighted by atomic mass is 9.96. The molecule has 0 radical (unpaired) electrons. The summed E-state index contributed by atoms with van der Waals surface area (Å²) in [6.07, 6.45) is 0. The Morgan fingerprint density at radius 1 is 1.17 bits per heavy atom. The van der Waals surface area contributed by atoms with Crippen LogP contribution in [0.1, 0.15) is 35.2 Å². The van der Waals surface area contributed by atoms with Crippen LogP contribution in [0.2, 0.25) is 5.02 Å². The van der Waals surface area contributed by atoms with Gasteiger partial charge in [-0.1, -0.05) is 23.7 Å². The van der Waals surface area contributed by atoms with E-state index in [-0.39, 0.29) is 18.6 Å². The summed E-state index contributed by atoms with van der Waals surface area (Å²) in [5.41, 5.74) is 4.77. The van der Waals surface area contributed by atoms with Crippen molar-refractivity contribution in [2.24, 2.45) is 0 Å². The van der Waals surface area contributed by atoms with Crippen molar-refractivity contribution in [1.29, 1.82) is 0 Å². The molecular formula is C19H21BrClNO2. The summed E-state index contributed by atoms with van der Waals surface area (Å²) in [5, 5.41) is 3.59. The van der Waals surface area contributed by atoms with Gasteiger partial charge >= 0.3 is 0 Å². The molecule has 0 fully saturated rings. The number of carbonyl (C=O) groups excluding carboxylic acids is 1. The van der Waals surface area contributed by atoms with Crippen molar-refractivity contribution in [3.63, 3.8) is 0 Å². The molecule has 2 aromatic rings. The minimum Gasteiger partial charge on any atom is -0.483 e. The first-order valence-electron chi connectivity index (χ1n) is 7.73. The van der Waals surface area contributed by atoms with Crippen molar-refractivity contribution in [2.45, 2.75) is 33.7 Å². The lowest BCUT2D eigenvalue weighted by Crippen LogP contribution is -2.31. The maximum atomic E-state index is 12.2. The van der Waals surface area contributed by atoms with E-state index in [1.54, 1.807) is 18.2 Å². The fourth-order valence-corrected chi connectivity index (χ4v) is 3.34. The first-order chi connectivity index (χ1) is 11.3. The van der Waals surface area contributed by atoms with Crippen molar-refractivity contribution in [3.05, 3.63) is 62.1 Å². The summed E-state index contributed by atoms with van der Waals surface area (Å²) in [7, 11) is 0. The summed E-state index contributed by atoms with van der Waals surface area (Å²) in [5.74, 6) is 0.423. The number of hydrogen-bond acceptors (Lipinski definition) is 2. The van der Waals surface area contributed by atoms with Crippen molar-refractivity contribution >= 4 is 33.4 Å². The Labute approximate surface area is 156 Å². The van der Waals surface area contributed by atoms with E-state index in [1.807, 2.05) is 6.92 Å². The Bertz CT molecular complexity index is 761. The minimum atomic E-state index is -0.165. The molecule has 2 rings (SSSR count). The van der Waals surface area contributed by atoms with Crippen molar-refractivity contribution in [1.82, 2.24) is 5.32 Å². The summed E-state index contributed by atoms with van der Waals surface area (Å²) < 4.78 is 6.27. The van der Waals surface area contributed by atoms with Crippen molar-refractivity contribution in [2.75, 3.05) is 6.61 Å². The van der Waals surface area contributed by atoms with E-state index >= 15 is 0 Å². The normalized spacial score (nSPS) is 11.9. The Morgan fingerprint density at radius 3 is 2.50 bits per heavy atom. The van der Waals surface area contributed by atoms with Crippen LogP contribution in [0.4, 0.5) is 0 Å². The molecule has 0 heterocycles. The van der Waals surface area contributed by atoms with Crippen LogP contribution in [-0.2, 0) is 4.79 Å². The zero-order valence-electron chi connectivity index (χ0n) is 14.2. The van der Waals surface area contributed by atoms with Crippen molar-refractivity contribution < 1.29 is 9.53 Å². The van der Waals surface area contributed by atoms with Gasteiger partial charge in [0.2, 0.25) is 0 Å². The number of benzene rings is 2. The highest BCUT2D eigenvalue weighted by Gasteiger charge is 2.14. The number of aryl methyl sites for hydroxylation is 3. The van der Waals surface area contributed by atoms with E-state index in [0.29, 0.717) is 10.8 Å². The fraction of sp³-hybridized carbons (Fsp3) is 0.316.